The van der Waals surface area contributed by atoms with Gasteiger partial charge in [0.05, 0.1) is 18.3 Å². The number of phenols is 3. The van der Waals surface area contributed by atoms with E-state index in [1.165, 1.54) is 24.3 Å². The van der Waals surface area contributed by atoms with Crippen molar-refractivity contribution < 1.29 is 55.1 Å². The Bertz CT molecular complexity index is 944. The number of aliphatic hydroxyl groups excluding tert-OH is 5. The van der Waals surface area contributed by atoms with Crippen LogP contribution in [-0.4, -0.2) is 83.9 Å². The number of carbonyl (C=O) groups is 1. The molecule has 1 fully saturated rings. The third kappa shape index (κ3) is 4.78. The van der Waals surface area contributed by atoms with Crippen LogP contribution in [0, 0.1) is 0 Å². The summed E-state index contributed by atoms with van der Waals surface area (Å²) in [6, 6.07) is 7.69. The Labute approximate surface area is 182 Å². The van der Waals surface area contributed by atoms with Crippen molar-refractivity contribution in [2.75, 3.05) is 6.61 Å². The van der Waals surface area contributed by atoms with Gasteiger partial charge in [0, 0.05) is 6.42 Å². The molecule has 8 N–H and O–H groups in total. The summed E-state index contributed by atoms with van der Waals surface area (Å²) in [6.45, 7) is -0.712. The van der Waals surface area contributed by atoms with Crippen molar-refractivity contribution in [3.05, 3.63) is 47.5 Å². The second kappa shape index (κ2) is 9.69. The predicted octanol–water partition coefficient (Wildman–Crippen LogP) is -0.712. The standard InChI is InChI=1S/C21H24O11/c22-8-15-17(28)18(29)19(30)21(31-15)32-20-12(24)6-5-11(16(20)27)14(26)7-13(25)9-1-3-10(23)4-2-9/h1-6,13,15,17-19,21-25,27-30H,7-8H2/t13?,15-,17-,18+,19-,21+/m1/s1. The lowest BCUT2D eigenvalue weighted by Gasteiger charge is -2.39. The van der Waals surface area contributed by atoms with Crippen LogP contribution in [-0.2, 0) is 4.74 Å². The van der Waals surface area contributed by atoms with Gasteiger partial charge in [-0.1, -0.05) is 12.1 Å². The fraction of sp³-hybridized carbons (Fsp3) is 0.381. The molecule has 2 aromatic carbocycles. The number of hydrogen-bond acceptors (Lipinski definition) is 11. The number of aromatic hydroxyl groups is 3. The lowest BCUT2D eigenvalue weighted by molar-refractivity contribution is -0.277. The van der Waals surface area contributed by atoms with Crippen molar-refractivity contribution in [2.24, 2.45) is 0 Å². The van der Waals surface area contributed by atoms with Gasteiger partial charge < -0.3 is 50.3 Å². The summed E-state index contributed by atoms with van der Waals surface area (Å²) in [4.78, 5) is 12.6. The van der Waals surface area contributed by atoms with Crippen molar-refractivity contribution in [3.8, 4) is 23.0 Å². The summed E-state index contributed by atoms with van der Waals surface area (Å²) in [6.07, 6.45) is -9.86. The van der Waals surface area contributed by atoms with E-state index in [-0.39, 0.29) is 11.3 Å². The molecular weight excluding hydrogens is 428 g/mol. The predicted molar refractivity (Wildman–Crippen MR) is 106 cm³/mol. The summed E-state index contributed by atoms with van der Waals surface area (Å²) in [5, 5.41) is 79.2. The largest absolute Gasteiger partial charge is 0.508 e. The van der Waals surface area contributed by atoms with Crippen LogP contribution in [0.2, 0.25) is 0 Å². The highest BCUT2D eigenvalue weighted by Gasteiger charge is 2.45. The first-order valence-electron chi connectivity index (χ1n) is 9.66. The Morgan fingerprint density at radius 1 is 0.969 bits per heavy atom. The van der Waals surface area contributed by atoms with Crippen LogP contribution >= 0.6 is 0 Å². The minimum atomic E-state index is -1.80. The average molecular weight is 452 g/mol. The van der Waals surface area contributed by atoms with Gasteiger partial charge in [-0.3, -0.25) is 4.79 Å². The molecule has 1 unspecified atom stereocenters. The first-order chi connectivity index (χ1) is 15.1. The molecular formula is C21H24O11. The molecule has 1 aliphatic rings. The van der Waals surface area contributed by atoms with E-state index in [0.717, 1.165) is 12.1 Å². The third-order valence-corrected chi connectivity index (χ3v) is 5.15. The molecule has 11 nitrogen and oxygen atoms in total. The van der Waals surface area contributed by atoms with Gasteiger partial charge in [-0.25, -0.2) is 0 Å². The molecule has 1 saturated heterocycles. The van der Waals surface area contributed by atoms with Gasteiger partial charge >= 0.3 is 0 Å². The molecule has 174 valence electrons. The summed E-state index contributed by atoms with van der Waals surface area (Å²) in [5.74, 6) is -2.78. The average Bonchev–Trinajstić information content (AvgIpc) is 2.76. The molecule has 32 heavy (non-hydrogen) atoms. The van der Waals surface area contributed by atoms with Crippen LogP contribution in [0.3, 0.4) is 0 Å². The van der Waals surface area contributed by atoms with Gasteiger partial charge in [-0.2, -0.15) is 0 Å². The van der Waals surface area contributed by atoms with Gasteiger partial charge in [-0.15, -0.1) is 0 Å². The molecule has 3 rings (SSSR count). The Hall–Kier alpha value is -2.93. The number of carbonyl (C=O) groups excluding carboxylic acids is 1. The van der Waals surface area contributed by atoms with Gasteiger partial charge in [-0.05, 0) is 29.8 Å². The smallest absolute Gasteiger partial charge is 0.229 e. The number of aliphatic hydroxyl groups is 5. The molecule has 0 spiro atoms. The summed E-state index contributed by atoms with van der Waals surface area (Å²) >= 11 is 0. The Kier molecular flexibility index (Phi) is 7.19. The number of Topliss-reactive ketones (excluding diaryl/α,β-unsaturated/α-hetero) is 1. The van der Waals surface area contributed by atoms with Crippen LogP contribution in [0.4, 0.5) is 0 Å². The van der Waals surface area contributed by atoms with E-state index < -0.39 is 72.9 Å². The number of phenolic OH excluding ortho intramolecular Hbond substituents is 3. The minimum Gasteiger partial charge on any atom is -0.508 e. The first-order valence-corrected chi connectivity index (χ1v) is 9.66. The minimum absolute atomic E-state index is 0.0153. The number of ketones is 1. The van der Waals surface area contributed by atoms with Crippen molar-refractivity contribution in [1.82, 2.24) is 0 Å². The number of benzene rings is 2. The quantitative estimate of drug-likeness (QED) is 0.247. The van der Waals surface area contributed by atoms with Crippen LogP contribution in [0.25, 0.3) is 0 Å². The van der Waals surface area contributed by atoms with Crippen LogP contribution in [0.5, 0.6) is 23.0 Å². The third-order valence-electron chi connectivity index (χ3n) is 5.15. The first kappa shape index (κ1) is 23.7. The zero-order valence-corrected chi connectivity index (χ0v) is 16.6. The summed E-state index contributed by atoms with van der Waals surface area (Å²) in [7, 11) is 0. The van der Waals surface area contributed by atoms with E-state index in [1.54, 1.807) is 0 Å². The topological polar surface area (TPSA) is 197 Å². The number of rotatable bonds is 7. The van der Waals surface area contributed by atoms with Gasteiger partial charge in [0.15, 0.2) is 17.3 Å². The second-order valence-corrected chi connectivity index (χ2v) is 7.36. The van der Waals surface area contributed by atoms with E-state index in [2.05, 4.69) is 0 Å². The van der Waals surface area contributed by atoms with E-state index in [4.69, 9.17) is 9.47 Å². The molecule has 0 amide bonds. The highest BCUT2D eigenvalue weighted by Crippen LogP contribution is 2.41. The normalized spacial score (nSPS) is 26.5. The van der Waals surface area contributed by atoms with E-state index in [0.29, 0.717) is 5.56 Å². The Balaban J connectivity index is 1.80. The van der Waals surface area contributed by atoms with Crippen molar-refractivity contribution >= 4 is 5.78 Å². The van der Waals surface area contributed by atoms with Crippen LogP contribution in [0.1, 0.15) is 28.4 Å². The number of hydrogen-bond donors (Lipinski definition) is 8. The highest BCUT2D eigenvalue weighted by molar-refractivity contribution is 6.00. The van der Waals surface area contributed by atoms with Crippen LogP contribution < -0.4 is 4.74 Å². The Morgan fingerprint density at radius 3 is 2.25 bits per heavy atom. The molecule has 2 aromatic rings. The lowest BCUT2D eigenvalue weighted by atomic mass is 9.98. The lowest BCUT2D eigenvalue weighted by Crippen LogP contribution is -2.60. The maximum absolute atomic E-state index is 12.6. The van der Waals surface area contributed by atoms with E-state index >= 15 is 0 Å². The molecule has 0 bridgehead atoms. The monoisotopic (exact) mass is 452 g/mol. The molecule has 0 saturated carbocycles. The molecule has 1 heterocycles. The Morgan fingerprint density at radius 2 is 1.62 bits per heavy atom. The second-order valence-electron chi connectivity index (χ2n) is 7.36. The van der Waals surface area contributed by atoms with E-state index in [9.17, 15) is 45.6 Å². The summed E-state index contributed by atoms with van der Waals surface area (Å²) < 4.78 is 10.5. The zero-order chi connectivity index (χ0) is 23.6. The van der Waals surface area contributed by atoms with Crippen molar-refractivity contribution in [1.29, 1.82) is 0 Å². The molecule has 11 heteroatoms. The van der Waals surface area contributed by atoms with Crippen molar-refractivity contribution in [3.63, 3.8) is 0 Å². The van der Waals surface area contributed by atoms with Gasteiger partial charge in [0.25, 0.3) is 0 Å². The van der Waals surface area contributed by atoms with Crippen molar-refractivity contribution in [2.45, 2.75) is 43.2 Å². The maximum atomic E-state index is 12.6. The number of ether oxygens (including phenoxy) is 2. The van der Waals surface area contributed by atoms with Gasteiger partial charge in [0.1, 0.15) is 30.2 Å². The van der Waals surface area contributed by atoms with E-state index in [1.807, 2.05) is 0 Å². The molecule has 0 aromatic heterocycles. The fourth-order valence-electron chi connectivity index (χ4n) is 3.28. The SMILES string of the molecule is O=C(CC(O)c1ccc(O)cc1)c1ccc(O)c(O[C@@H]2O[C@H](CO)[C@@H](O)[C@H](O)[C@H]2O)c1O. The van der Waals surface area contributed by atoms with Gasteiger partial charge in [0.2, 0.25) is 12.0 Å². The molecule has 1 aliphatic heterocycles. The molecule has 0 radical (unpaired) electrons. The molecule has 0 aliphatic carbocycles. The maximum Gasteiger partial charge on any atom is 0.229 e. The highest BCUT2D eigenvalue weighted by atomic mass is 16.7. The fourth-order valence-corrected chi connectivity index (χ4v) is 3.28. The van der Waals surface area contributed by atoms with Crippen LogP contribution in [0.15, 0.2) is 36.4 Å². The zero-order valence-electron chi connectivity index (χ0n) is 16.6. The molecule has 6 atom stereocenters. The summed E-state index contributed by atoms with van der Waals surface area (Å²) in [5.41, 5.74) is 0.0485.